The lowest BCUT2D eigenvalue weighted by atomic mass is 10.0. The lowest BCUT2D eigenvalue weighted by molar-refractivity contribution is -0.155. The molecule has 2 fully saturated rings. The molecular weight excluding hydrogens is 252 g/mol. The molecule has 0 N–H and O–H groups in total. The van der Waals surface area contributed by atoms with Crippen molar-refractivity contribution in [3.05, 3.63) is 35.9 Å². The Morgan fingerprint density at radius 1 is 1.25 bits per heavy atom. The molecule has 0 spiro atoms. The van der Waals surface area contributed by atoms with Gasteiger partial charge in [-0.05, 0) is 31.7 Å². The zero-order chi connectivity index (χ0) is 14.1. The van der Waals surface area contributed by atoms with Gasteiger partial charge in [0, 0.05) is 12.6 Å². The average molecular weight is 272 g/mol. The number of carbonyl (C=O) groups excluding carboxylic acids is 2. The molecule has 0 aliphatic carbocycles. The molecule has 1 aromatic carbocycles. The van der Waals surface area contributed by atoms with Crippen LogP contribution in [-0.4, -0.2) is 46.8 Å². The molecule has 106 valence electrons. The number of hydrogen-bond donors (Lipinski definition) is 0. The Hall–Kier alpha value is -1.84. The van der Waals surface area contributed by atoms with Crippen LogP contribution in [-0.2, 0) is 16.0 Å². The van der Waals surface area contributed by atoms with Gasteiger partial charge in [-0.1, -0.05) is 30.3 Å². The molecule has 0 saturated carbocycles. The molecule has 2 heterocycles. The van der Waals surface area contributed by atoms with Gasteiger partial charge in [-0.25, -0.2) is 0 Å². The minimum atomic E-state index is -0.200. The Balaban J connectivity index is 1.73. The molecule has 0 radical (unpaired) electrons. The number of benzene rings is 1. The van der Waals surface area contributed by atoms with Crippen molar-refractivity contribution in [1.29, 1.82) is 0 Å². The molecule has 20 heavy (non-hydrogen) atoms. The highest BCUT2D eigenvalue weighted by Gasteiger charge is 2.43. The molecule has 0 aromatic heterocycles. The summed E-state index contributed by atoms with van der Waals surface area (Å²) in [6.07, 6.45) is 2.56. The molecule has 0 bridgehead atoms. The van der Waals surface area contributed by atoms with E-state index in [4.69, 9.17) is 0 Å². The SMILES string of the molecule is CC(Cc1ccccc1)N1CC(=O)N2CCCC2C1=O. The minimum Gasteiger partial charge on any atom is -0.329 e. The molecule has 3 rings (SSSR count). The van der Waals surface area contributed by atoms with Crippen molar-refractivity contribution >= 4 is 11.8 Å². The van der Waals surface area contributed by atoms with Crippen LogP contribution in [0.2, 0.25) is 0 Å². The number of piperazine rings is 1. The van der Waals surface area contributed by atoms with Crippen LogP contribution in [0, 0.1) is 0 Å². The second kappa shape index (κ2) is 5.27. The van der Waals surface area contributed by atoms with E-state index >= 15 is 0 Å². The molecule has 1 aromatic rings. The van der Waals surface area contributed by atoms with Gasteiger partial charge in [0.15, 0.2) is 0 Å². The molecule has 2 aliphatic rings. The van der Waals surface area contributed by atoms with E-state index in [0.29, 0.717) is 0 Å². The summed E-state index contributed by atoms with van der Waals surface area (Å²) in [6.45, 7) is 3.02. The second-order valence-corrected chi connectivity index (χ2v) is 5.75. The van der Waals surface area contributed by atoms with Gasteiger partial charge >= 0.3 is 0 Å². The summed E-state index contributed by atoms with van der Waals surface area (Å²) in [5.41, 5.74) is 1.20. The third-order valence-electron chi connectivity index (χ3n) is 4.35. The summed E-state index contributed by atoms with van der Waals surface area (Å²) in [5.74, 6) is 0.234. The largest absolute Gasteiger partial charge is 0.329 e. The Labute approximate surface area is 119 Å². The summed E-state index contributed by atoms with van der Waals surface area (Å²) in [4.78, 5) is 28.2. The van der Waals surface area contributed by atoms with E-state index in [1.807, 2.05) is 25.1 Å². The van der Waals surface area contributed by atoms with Crippen LogP contribution in [0.3, 0.4) is 0 Å². The maximum Gasteiger partial charge on any atom is 0.246 e. The van der Waals surface area contributed by atoms with Crippen molar-refractivity contribution in [3.8, 4) is 0 Å². The van der Waals surface area contributed by atoms with Crippen molar-refractivity contribution in [2.75, 3.05) is 13.1 Å². The first-order valence-corrected chi connectivity index (χ1v) is 7.30. The molecule has 2 amide bonds. The Bertz CT molecular complexity index is 514. The fraction of sp³-hybridized carbons (Fsp3) is 0.500. The predicted molar refractivity (Wildman–Crippen MR) is 76.1 cm³/mol. The van der Waals surface area contributed by atoms with Crippen LogP contribution in [0.15, 0.2) is 30.3 Å². The Morgan fingerprint density at radius 2 is 2.00 bits per heavy atom. The van der Waals surface area contributed by atoms with E-state index in [0.717, 1.165) is 25.8 Å². The van der Waals surface area contributed by atoms with Gasteiger partial charge in [-0.2, -0.15) is 0 Å². The molecular formula is C16H20N2O2. The lowest BCUT2D eigenvalue weighted by Crippen LogP contribution is -2.59. The fourth-order valence-electron chi connectivity index (χ4n) is 3.27. The average Bonchev–Trinajstić information content (AvgIpc) is 2.94. The summed E-state index contributed by atoms with van der Waals surface area (Å²) in [7, 11) is 0. The highest BCUT2D eigenvalue weighted by molar-refractivity contribution is 5.95. The number of hydrogen-bond acceptors (Lipinski definition) is 2. The molecule has 4 heteroatoms. The smallest absolute Gasteiger partial charge is 0.246 e. The van der Waals surface area contributed by atoms with Crippen LogP contribution >= 0.6 is 0 Å². The van der Waals surface area contributed by atoms with Gasteiger partial charge in [0.05, 0.1) is 0 Å². The number of carbonyl (C=O) groups is 2. The van der Waals surface area contributed by atoms with E-state index in [1.54, 1.807) is 9.80 Å². The normalized spacial score (nSPS) is 23.9. The third kappa shape index (κ3) is 2.30. The standard InChI is InChI=1S/C16H20N2O2/c1-12(10-13-6-3-2-4-7-13)18-11-15(19)17-9-5-8-14(17)16(18)20/h2-4,6-7,12,14H,5,8-11H2,1H3. The van der Waals surface area contributed by atoms with E-state index < -0.39 is 0 Å². The highest BCUT2D eigenvalue weighted by Crippen LogP contribution is 2.25. The van der Waals surface area contributed by atoms with Crippen LogP contribution in [0.5, 0.6) is 0 Å². The monoisotopic (exact) mass is 272 g/mol. The lowest BCUT2D eigenvalue weighted by Gasteiger charge is -2.39. The fourth-order valence-corrected chi connectivity index (χ4v) is 3.27. The third-order valence-corrected chi connectivity index (χ3v) is 4.35. The van der Waals surface area contributed by atoms with Gasteiger partial charge in [0.2, 0.25) is 11.8 Å². The quantitative estimate of drug-likeness (QED) is 0.835. The van der Waals surface area contributed by atoms with Crippen molar-refractivity contribution < 1.29 is 9.59 Å². The molecule has 2 saturated heterocycles. The Kier molecular flexibility index (Phi) is 3.47. The zero-order valence-corrected chi connectivity index (χ0v) is 11.8. The van der Waals surface area contributed by atoms with Crippen molar-refractivity contribution in [2.24, 2.45) is 0 Å². The number of rotatable bonds is 3. The predicted octanol–water partition coefficient (Wildman–Crippen LogP) is 1.45. The zero-order valence-electron chi connectivity index (χ0n) is 11.8. The van der Waals surface area contributed by atoms with Crippen molar-refractivity contribution in [3.63, 3.8) is 0 Å². The van der Waals surface area contributed by atoms with Crippen LogP contribution in [0.4, 0.5) is 0 Å². The maximum atomic E-state index is 12.5. The molecule has 2 unspecified atom stereocenters. The molecule has 4 nitrogen and oxygen atoms in total. The Morgan fingerprint density at radius 3 is 2.75 bits per heavy atom. The maximum absolute atomic E-state index is 12.5. The topological polar surface area (TPSA) is 40.6 Å². The van der Waals surface area contributed by atoms with E-state index in [-0.39, 0.29) is 30.4 Å². The van der Waals surface area contributed by atoms with Gasteiger partial charge < -0.3 is 9.80 Å². The minimum absolute atomic E-state index is 0.0663. The summed E-state index contributed by atoms with van der Waals surface area (Å²) in [6, 6.07) is 9.99. The second-order valence-electron chi connectivity index (χ2n) is 5.75. The van der Waals surface area contributed by atoms with Gasteiger partial charge in [-0.15, -0.1) is 0 Å². The van der Waals surface area contributed by atoms with E-state index in [1.165, 1.54) is 5.56 Å². The number of nitrogens with zero attached hydrogens (tertiary/aromatic N) is 2. The summed E-state index contributed by atoms with van der Waals surface area (Å²) < 4.78 is 0. The summed E-state index contributed by atoms with van der Waals surface area (Å²) in [5, 5.41) is 0. The van der Waals surface area contributed by atoms with Gasteiger partial charge in [-0.3, -0.25) is 9.59 Å². The first-order valence-electron chi connectivity index (χ1n) is 7.30. The van der Waals surface area contributed by atoms with Gasteiger partial charge in [0.1, 0.15) is 12.6 Å². The number of amides is 2. The van der Waals surface area contributed by atoms with Crippen molar-refractivity contribution in [1.82, 2.24) is 9.80 Å². The molecule has 2 aliphatic heterocycles. The first kappa shape index (κ1) is 13.2. The van der Waals surface area contributed by atoms with Crippen LogP contribution < -0.4 is 0 Å². The van der Waals surface area contributed by atoms with Gasteiger partial charge in [0.25, 0.3) is 0 Å². The highest BCUT2D eigenvalue weighted by atomic mass is 16.2. The molecule has 2 atom stereocenters. The van der Waals surface area contributed by atoms with E-state index in [2.05, 4.69) is 12.1 Å². The van der Waals surface area contributed by atoms with Crippen LogP contribution in [0.25, 0.3) is 0 Å². The first-order chi connectivity index (χ1) is 9.66. The van der Waals surface area contributed by atoms with Crippen LogP contribution in [0.1, 0.15) is 25.3 Å². The summed E-state index contributed by atoms with van der Waals surface area (Å²) >= 11 is 0. The van der Waals surface area contributed by atoms with E-state index in [9.17, 15) is 9.59 Å². The number of fused-ring (bicyclic) bond motifs is 1. The van der Waals surface area contributed by atoms with Crippen molar-refractivity contribution in [2.45, 2.75) is 38.3 Å².